The van der Waals surface area contributed by atoms with Crippen LogP contribution >= 0.6 is 0 Å². The highest BCUT2D eigenvalue weighted by Crippen LogP contribution is 2.08. The van der Waals surface area contributed by atoms with E-state index in [9.17, 15) is 13.0 Å². The van der Waals surface area contributed by atoms with Crippen LogP contribution in [0, 0.1) is 6.92 Å². The first-order valence-electron chi connectivity index (χ1n) is 6.93. The Morgan fingerprint density at radius 1 is 1.32 bits per heavy atom. The predicted octanol–water partition coefficient (Wildman–Crippen LogP) is 1.48. The number of quaternary nitrogens is 1. The van der Waals surface area contributed by atoms with Crippen molar-refractivity contribution < 1.29 is 26.9 Å². The molecule has 1 saturated heterocycles. The molecule has 0 unspecified atom stereocenters. The van der Waals surface area contributed by atoms with Crippen LogP contribution < -0.4 is 0 Å². The molecule has 0 radical (unpaired) electrons. The summed E-state index contributed by atoms with van der Waals surface area (Å²) >= 11 is 0. The van der Waals surface area contributed by atoms with Crippen LogP contribution in [0.2, 0.25) is 0 Å². The molecule has 2 rings (SSSR count). The number of morpholine rings is 1. The third-order valence-corrected chi connectivity index (χ3v) is 4.21. The minimum Gasteiger partial charge on any atom is -0.744 e. The van der Waals surface area contributed by atoms with Crippen molar-refractivity contribution in [3.05, 3.63) is 42.7 Å². The standard InChI is InChI=1S/C8H16NO2.C7H8O3S/c1-3-10-8-9(2)4-6-11-7-5-9;1-6-2-4-7(5-3-6)11(8,9)10/h3H,1,4-8H2,2H3;2-5H,1H3,(H,8,9,10)/q+1;/p-1. The van der Waals surface area contributed by atoms with E-state index in [0.29, 0.717) is 6.73 Å². The van der Waals surface area contributed by atoms with E-state index in [2.05, 4.69) is 13.6 Å². The van der Waals surface area contributed by atoms with Gasteiger partial charge in [0.1, 0.15) is 23.2 Å². The van der Waals surface area contributed by atoms with E-state index in [0.717, 1.165) is 36.3 Å². The normalized spacial score (nSPS) is 17.0. The van der Waals surface area contributed by atoms with E-state index in [1.54, 1.807) is 12.1 Å². The van der Waals surface area contributed by atoms with Crippen LogP contribution in [0.1, 0.15) is 5.56 Å². The number of hydrogen-bond acceptors (Lipinski definition) is 5. The third kappa shape index (κ3) is 6.57. The number of rotatable bonds is 4. The number of aryl methyl sites for hydroxylation is 1. The van der Waals surface area contributed by atoms with E-state index in [1.807, 2.05) is 6.92 Å². The molecule has 6 nitrogen and oxygen atoms in total. The van der Waals surface area contributed by atoms with Gasteiger partial charge in [-0.1, -0.05) is 24.3 Å². The molecule has 1 heterocycles. The van der Waals surface area contributed by atoms with Gasteiger partial charge in [-0.05, 0) is 19.1 Å². The number of benzene rings is 1. The van der Waals surface area contributed by atoms with Crippen molar-refractivity contribution in [1.82, 2.24) is 0 Å². The first-order chi connectivity index (χ1) is 10.3. The van der Waals surface area contributed by atoms with Gasteiger partial charge in [-0.2, -0.15) is 0 Å². The van der Waals surface area contributed by atoms with Crippen LogP contribution in [0.25, 0.3) is 0 Å². The summed E-state index contributed by atoms with van der Waals surface area (Å²) in [5.41, 5.74) is 0.928. The summed E-state index contributed by atoms with van der Waals surface area (Å²) in [6, 6.07) is 5.78. The molecule has 1 aromatic carbocycles. The summed E-state index contributed by atoms with van der Waals surface area (Å²) in [7, 11) is -2.10. The molecule has 1 aliphatic rings. The van der Waals surface area contributed by atoms with Gasteiger partial charge < -0.3 is 14.0 Å². The number of nitrogens with zero attached hydrogens (tertiary/aromatic N) is 1. The van der Waals surface area contributed by atoms with Gasteiger partial charge in [-0.3, -0.25) is 4.48 Å². The minimum atomic E-state index is -4.27. The van der Waals surface area contributed by atoms with E-state index < -0.39 is 10.1 Å². The van der Waals surface area contributed by atoms with Crippen molar-refractivity contribution in [2.45, 2.75) is 11.8 Å². The van der Waals surface area contributed by atoms with Crippen molar-refractivity contribution >= 4 is 10.1 Å². The van der Waals surface area contributed by atoms with Gasteiger partial charge in [0.25, 0.3) is 0 Å². The van der Waals surface area contributed by atoms with Crippen molar-refractivity contribution in [3.63, 3.8) is 0 Å². The fourth-order valence-corrected chi connectivity index (χ4v) is 2.32. The number of ether oxygens (including phenoxy) is 2. The summed E-state index contributed by atoms with van der Waals surface area (Å²) in [5.74, 6) is 0. The Balaban J connectivity index is 0.000000220. The molecule has 0 bridgehead atoms. The zero-order valence-corrected chi connectivity index (χ0v) is 13.8. The highest BCUT2D eigenvalue weighted by molar-refractivity contribution is 7.85. The second-order valence-electron chi connectivity index (χ2n) is 5.41. The molecule has 0 atom stereocenters. The molecule has 1 fully saturated rings. The number of likely N-dealkylation sites (N-methyl/N-ethyl adjacent to an activating group) is 1. The summed E-state index contributed by atoms with van der Waals surface area (Å²) in [6.07, 6.45) is 1.50. The van der Waals surface area contributed by atoms with Gasteiger partial charge in [0.15, 0.2) is 0 Å². The Kier molecular flexibility index (Phi) is 7.02. The second-order valence-corrected chi connectivity index (χ2v) is 6.79. The lowest BCUT2D eigenvalue weighted by Crippen LogP contribution is -2.52. The Morgan fingerprint density at radius 3 is 2.32 bits per heavy atom. The maximum absolute atomic E-state index is 10.4. The zero-order valence-electron chi connectivity index (χ0n) is 13.0. The third-order valence-electron chi connectivity index (χ3n) is 3.36. The van der Waals surface area contributed by atoms with E-state index >= 15 is 0 Å². The molecular weight excluding hydrogens is 306 g/mol. The lowest BCUT2D eigenvalue weighted by molar-refractivity contribution is -0.933. The minimum absolute atomic E-state index is 0.178. The fraction of sp³-hybridized carbons (Fsp3) is 0.467. The van der Waals surface area contributed by atoms with Crippen LogP contribution in [0.3, 0.4) is 0 Å². The molecule has 22 heavy (non-hydrogen) atoms. The van der Waals surface area contributed by atoms with Crippen molar-refractivity contribution in [1.29, 1.82) is 0 Å². The van der Waals surface area contributed by atoms with E-state index in [4.69, 9.17) is 9.47 Å². The molecule has 0 aliphatic carbocycles. The van der Waals surface area contributed by atoms with Crippen molar-refractivity contribution in [2.75, 3.05) is 40.1 Å². The highest BCUT2D eigenvalue weighted by Gasteiger charge is 2.24. The SMILES string of the molecule is C=COC[N+]1(C)CCOCC1.Cc1ccc(S(=O)(=O)[O-])cc1. The first-order valence-corrected chi connectivity index (χ1v) is 8.34. The molecule has 7 heteroatoms. The van der Waals surface area contributed by atoms with E-state index in [1.165, 1.54) is 18.4 Å². The molecule has 0 amide bonds. The maximum Gasteiger partial charge on any atom is 0.222 e. The monoisotopic (exact) mass is 329 g/mol. The second kappa shape index (κ2) is 8.28. The predicted molar refractivity (Wildman–Crippen MR) is 82.0 cm³/mol. The quantitative estimate of drug-likeness (QED) is 0.475. The van der Waals surface area contributed by atoms with Gasteiger partial charge in [0.05, 0.1) is 31.4 Å². The Hall–Kier alpha value is -1.41. The molecule has 0 N–H and O–H groups in total. The van der Waals surface area contributed by atoms with Crippen LogP contribution in [-0.4, -0.2) is 57.5 Å². The van der Waals surface area contributed by atoms with Gasteiger partial charge in [-0.15, -0.1) is 0 Å². The van der Waals surface area contributed by atoms with Gasteiger partial charge in [0.2, 0.25) is 6.73 Å². The Bertz CT molecular complexity index is 562. The molecule has 1 aliphatic heterocycles. The zero-order chi connectivity index (χ0) is 16.6. The largest absolute Gasteiger partial charge is 0.744 e. The maximum atomic E-state index is 10.4. The van der Waals surface area contributed by atoms with Gasteiger partial charge >= 0.3 is 0 Å². The highest BCUT2D eigenvalue weighted by atomic mass is 32.2. The summed E-state index contributed by atoms with van der Waals surface area (Å²) in [4.78, 5) is -0.178. The molecule has 0 saturated carbocycles. The summed E-state index contributed by atoms with van der Waals surface area (Å²) in [6.45, 7) is 9.81. The van der Waals surface area contributed by atoms with Crippen LogP contribution in [-0.2, 0) is 19.6 Å². The average molecular weight is 329 g/mol. The smallest absolute Gasteiger partial charge is 0.222 e. The average Bonchev–Trinajstić information content (AvgIpc) is 2.46. The summed E-state index contributed by atoms with van der Waals surface area (Å²) < 4.78 is 42.5. The Morgan fingerprint density at radius 2 is 1.86 bits per heavy atom. The van der Waals surface area contributed by atoms with Crippen molar-refractivity contribution in [3.8, 4) is 0 Å². The first kappa shape index (κ1) is 18.6. The van der Waals surface area contributed by atoms with Gasteiger partial charge in [-0.25, -0.2) is 8.42 Å². The lowest BCUT2D eigenvalue weighted by Gasteiger charge is -2.36. The van der Waals surface area contributed by atoms with Gasteiger partial charge in [0, 0.05) is 0 Å². The van der Waals surface area contributed by atoms with Crippen LogP contribution in [0.4, 0.5) is 0 Å². The summed E-state index contributed by atoms with van der Waals surface area (Å²) in [5, 5.41) is 0. The van der Waals surface area contributed by atoms with Crippen LogP contribution in [0.15, 0.2) is 42.0 Å². The van der Waals surface area contributed by atoms with Crippen molar-refractivity contribution in [2.24, 2.45) is 0 Å². The molecule has 1 aromatic rings. The van der Waals surface area contributed by atoms with E-state index in [-0.39, 0.29) is 4.90 Å². The molecule has 0 aromatic heterocycles. The molecule has 124 valence electrons. The fourth-order valence-electron chi connectivity index (χ4n) is 1.85. The topological polar surface area (TPSA) is 75.7 Å². The lowest BCUT2D eigenvalue weighted by atomic mass is 10.2. The Labute approximate surface area is 132 Å². The number of hydrogen-bond donors (Lipinski definition) is 0. The van der Waals surface area contributed by atoms with Crippen LogP contribution in [0.5, 0.6) is 0 Å². The molecular formula is C15H23NO5S. The molecule has 0 spiro atoms.